The van der Waals surface area contributed by atoms with Gasteiger partial charge in [0, 0.05) is 11.3 Å². The summed E-state index contributed by atoms with van der Waals surface area (Å²) in [5, 5.41) is 2.60. The van der Waals surface area contributed by atoms with Gasteiger partial charge in [0.25, 0.3) is 5.91 Å². The van der Waals surface area contributed by atoms with Crippen LogP contribution in [0.2, 0.25) is 0 Å². The molecule has 1 atom stereocenters. The van der Waals surface area contributed by atoms with Gasteiger partial charge >= 0.3 is 0 Å². The third kappa shape index (κ3) is 2.93. The smallest absolute Gasteiger partial charge is 0.253 e. The van der Waals surface area contributed by atoms with Crippen LogP contribution in [0.3, 0.4) is 0 Å². The van der Waals surface area contributed by atoms with Crippen LogP contribution in [0.4, 0.5) is 14.5 Å². The Morgan fingerprint density at radius 1 is 1.20 bits per heavy atom. The summed E-state index contributed by atoms with van der Waals surface area (Å²) in [6, 6.07) is 9.13. The number of nitrogens with one attached hydrogen (secondary N) is 1. The Morgan fingerprint density at radius 2 is 1.90 bits per heavy atom. The Hall–Kier alpha value is -2.43. The zero-order valence-corrected chi connectivity index (χ0v) is 10.9. The predicted octanol–water partition coefficient (Wildman–Crippen LogP) is 3.04. The molecule has 0 fully saturated rings. The van der Waals surface area contributed by atoms with Crippen molar-refractivity contribution >= 4 is 11.6 Å². The van der Waals surface area contributed by atoms with Crippen molar-refractivity contribution in [2.75, 3.05) is 5.73 Å². The number of nitrogen functional groups attached to an aromatic ring is 1. The molecule has 0 saturated carbocycles. The molecule has 0 bridgehead atoms. The lowest BCUT2D eigenvalue weighted by molar-refractivity contribution is 0.0940. The maximum Gasteiger partial charge on any atom is 0.253 e. The first-order chi connectivity index (χ1) is 9.49. The Bertz CT molecular complexity index is 644. The highest BCUT2D eigenvalue weighted by atomic mass is 19.1. The largest absolute Gasteiger partial charge is 0.398 e. The molecule has 0 aliphatic heterocycles. The van der Waals surface area contributed by atoms with Crippen LogP contribution in [0.5, 0.6) is 0 Å². The van der Waals surface area contributed by atoms with Gasteiger partial charge in [0.1, 0.15) is 11.6 Å². The van der Waals surface area contributed by atoms with E-state index in [-0.39, 0.29) is 11.3 Å². The third-order valence-corrected chi connectivity index (χ3v) is 2.98. The van der Waals surface area contributed by atoms with E-state index in [1.807, 2.05) is 0 Å². The van der Waals surface area contributed by atoms with E-state index in [0.29, 0.717) is 5.56 Å². The fourth-order valence-electron chi connectivity index (χ4n) is 1.90. The molecule has 0 aliphatic carbocycles. The average molecular weight is 276 g/mol. The predicted molar refractivity (Wildman–Crippen MR) is 73.1 cm³/mol. The molecule has 1 amide bonds. The summed E-state index contributed by atoms with van der Waals surface area (Å²) >= 11 is 0. The second-order valence-corrected chi connectivity index (χ2v) is 4.45. The maximum absolute atomic E-state index is 13.6. The molecule has 104 valence electrons. The molecule has 3 nitrogen and oxygen atoms in total. The van der Waals surface area contributed by atoms with E-state index in [4.69, 9.17) is 5.73 Å². The number of hydrogen-bond acceptors (Lipinski definition) is 2. The summed E-state index contributed by atoms with van der Waals surface area (Å²) < 4.78 is 26.7. The Balaban J connectivity index is 2.20. The summed E-state index contributed by atoms with van der Waals surface area (Å²) in [7, 11) is 0. The Kier molecular flexibility index (Phi) is 3.98. The Labute approximate surface area is 115 Å². The van der Waals surface area contributed by atoms with Gasteiger partial charge in [-0.2, -0.15) is 0 Å². The number of carbonyl (C=O) groups excluding carboxylic acids is 1. The van der Waals surface area contributed by atoms with Gasteiger partial charge in [-0.15, -0.1) is 0 Å². The molecular formula is C15H14F2N2O. The van der Waals surface area contributed by atoms with Gasteiger partial charge in [-0.3, -0.25) is 4.79 Å². The van der Waals surface area contributed by atoms with Gasteiger partial charge in [-0.05, 0) is 31.2 Å². The van der Waals surface area contributed by atoms with Crippen LogP contribution < -0.4 is 11.1 Å². The van der Waals surface area contributed by atoms with Crippen molar-refractivity contribution in [3.8, 4) is 0 Å². The molecule has 2 aromatic rings. The van der Waals surface area contributed by atoms with Gasteiger partial charge in [-0.1, -0.05) is 18.2 Å². The fraction of sp³-hybridized carbons (Fsp3) is 0.133. The minimum absolute atomic E-state index is 0.0354. The monoisotopic (exact) mass is 276 g/mol. The highest BCUT2D eigenvalue weighted by Gasteiger charge is 2.16. The minimum Gasteiger partial charge on any atom is -0.398 e. The summed E-state index contributed by atoms with van der Waals surface area (Å²) in [4.78, 5) is 12.0. The van der Waals surface area contributed by atoms with E-state index in [1.54, 1.807) is 25.1 Å². The lowest BCUT2D eigenvalue weighted by Gasteiger charge is -2.15. The van der Waals surface area contributed by atoms with Gasteiger partial charge in [0.05, 0.1) is 11.6 Å². The van der Waals surface area contributed by atoms with Crippen molar-refractivity contribution in [3.63, 3.8) is 0 Å². The highest BCUT2D eigenvalue weighted by Crippen LogP contribution is 2.18. The standard InChI is InChI=1S/C15H14F2N2O/c1-9(11-4-2-3-5-13(11)17)19-15(20)12-8-10(16)6-7-14(12)18/h2-9H,18H2,1H3,(H,19,20). The first-order valence-corrected chi connectivity index (χ1v) is 6.09. The number of nitrogens with two attached hydrogens (primary N) is 1. The number of halogens is 2. The van der Waals surface area contributed by atoms with Gasteiger partial charge < -0.3 is 11.1 Å². The van der Waals surface area contributed by atoms with Crippen molar-refractivity contribution in [1.82, 2.24) is 5.32 Å². The second-order valence-electron chi connectivity index (χ2n) is 4.45. The van der Waals surface area contributed by atoms with Crippen molar-refractivity contribution < 1.29 is 13.6 Å². The lowest BCUT2D eigenvalue weighted by Crippen LogP contribution is -2.28. The Morgan fingerprint density at radius 3 is 2.60 bits per heavy atom. The highest BCUT2D eigenvalue weighted by molar-refractivity contribution is 5.99. The molecule has 0 heterocycles. The van der Waals surface area contributed by atoms with Crippen LogP contribution in [0.1, 0.15) is 28.9 Å². The van der Waals surface area contributed by atoms with Gasteiger partial charge in [-0.25, -0.2) is 8.78 Å². The van der Waals surface area contributed by atoms with Crippen LogP contribution >= 0.6 is 0 Å². The quantitative estimate of drug-likeness (QED) is 0.847. The number of rotatable bonds is 3. The molecule has 0 aromatic heterocycles. The summed E-state index contributed by atoms with van der Waals surface area (Å²) in [6.07, 6.45) is 0. The SMILES string of the molecule is CC(NC(=O)c1cc(F)ccc1N)c1ccccc1F. The van der Waals surface area contributed by atoms with E-state index in [9.17, 15) is 13.6 Å². The van der Waals surface area contributed by atoms with Crippen LogP contribution in [0.15, 0.2) is 42.5 Å². The summed E-state index contributed by atoms with van der Waals surface area (Å²) in [5.41, 5.74) is 6.20. The molecule has 20 heavy (non-hydrogen) atoms. The molecule has 5 heteroatoms. The van der Waals surface area contributed by atoms with Crippen LogP contribution in [0.25, 0.3) is 0 Å². The fourth-order valence-corrected chi connectivity index (χ4v) is 1.90. The minimum atomic E-state index is -0.553. The molecule has 2 aromatic carbocycles. The van der Waals surface area contributed by atoms with Crippen molar-refractivity contribution in [3.05, 3.63) is 65.2 Å². The molecule has 3 N–H and O–H groups in total. The number of hydrogen-bond donors (Lipinski definition) is 2. The van der Waals surface area contributed by atoms with E-state index >= 15 is 0 Å². The molecule has 2 rings (SSSR count). The zero-order valence-electron chi connectivity index (χ0n) is 10.9. The molecule has 0 spiro atoms. The van der Waals surface area contributed by atoms with Gasteiger partial charge in [0.2, 0.25) is 0 Å². The molecule has 0 radical (unpaired) electrons. The summed E-state index contributed by atoms with van der Waals surface area (Å²) in [6.45, 7) is 1.64. The van der Waals surface area contributed by atoms with E-state index in [2.05, 4.69) is 5.32 Å². The first-order valence-electron chi connectivity index (χ1n) is 6.09. The van der Waals surface area contributed by atoms with Gasteiger partial charge in [0.15, 0.2) is 0 Å². The van der Waals surface area contributed by atoms with Crippen molar-refractivity contribution in [1.29, 1.82) is 0 Å². The number of amides is 1. The van der Waals surface area contributed by atoms with E-state index < -0.39 is 23.6 Å². The van der Waals surface area contributed by atoms with Crippen molar-refractivity contribution in [2.24, 2.45) is 0 Å². The number of benzene rings is 2. The third-order valence-electron chi connectivity index (χ3n) is 2.98. The van der Waals surface area contributed by atoms with Crippen LogP contribution in [-0.2, 0) is 0 Å². The molecule has 0 aliphatic rings. The van der Waals surface area contributed by atoms with E-state index in [0.717, 1.165) is 6.07 Å². The topological polar surface area (TPSA) is 55.1 Å². The average Bonchev–Trinajstić information content (AvgIpc) is 2.41. The van der Waals surface area contributed by atoms with Crippen LogP contribution in [0, 0.1) is 11.6 Å². The maximum atomic E-state index is 13.6. The van der Waals surface area contributed by atoms with Crippen LogP contribution in [-0.4, -0.2) is 5.91 Å². The van der Waals surface area contributed by atoms with E-state index in [1.165, 1.54) is 18.2 Å². The van der Waals surface area contributed by atoms with Crippen molar-refractivity contribution in [2.45, 2.75) is 13.0 Å². The number of anilines is 1. The summed E-state index contributed by atoms with van der Waals surface area (Å²) in [5.74, 6) is -1.51. The molecule has 1 unspecified atom stereocenters. The zero-order chi connectivity index (χ0) is 14.7. The molecular weight excluding hydrogens is 262 g/mol. The second kappa shape index (κ2) is 5.69. The molecule has 0 saturated heterocycles. The lowest BCUT2D eigenvalue weighted by atomic mass is 10.1. The first kappa shape index (κ1) is 14.0. The normalized spacial score (nSPS) is 11.9. The number of carbonyl (C=O) groups is 1.